The van der Waals surface area contributed by atoms with Crippen molar-refractivity contribution in [2.45, 2.75) is 64.5 Å². The number of nitrogens with zero attached hydrogens (tertiary/aromatic N) is 2. The minimum atomic E-state index is 0.0260. The van der Waals surface area contributed by atoms with Crippen LogP contribution in [0.4, 0.5) is 0 Å². The smallest absolute Gasteiger partial charge is 0.261 e. The Labute approximate surface area is 183 Å². The van der Waals surface area contributed by atoms with Crippen LogP contribution in [0.3, 0.4) is 0 Å². The van der Waals surface area contributed by atoms with Crippen LogP contribution in [0.2, 0.25) is 0 Å². The summed E-state index contributed by atoms with van der Waals surface area (Å²) < 4.78 is 1.17. The lowest BCUT2D eigenvalue weighted by atomic mass is 9.97. The van der Waals surface area contributed by atoms with Crippen LogP contribution in [0, 0.1) is 0 Å². The molecule has 6 heteroatoms. The van der Waals surface area contributed by atoms with Crippen molar-refractivity contribution in [3.63, 3.8) is 0 Å². The molecule has 4 rings (SSSR count). The highest BCUT2D eigenvalue weighted by Crippen LogP contribution is 2.34. The summed E-state index contributed by atoms with van der Waals surface area (Å²) in [6.45, 7) is 7.30. The highest BCUT2D eigenvalue weighted by atomic mass is 32.1. The standard InChI is InChI=1S/C24H33N3O2S/c1-17(2)25-24(29)23-20(19-10-5-6-11-21(19)30-23)15-18-9-4-3-7-12-27(18)16-22(28)26-13-8-14-26/h5-6,10-11,17-18H,3-4,7-9,12-16H2,1-2H3,(H,25,29). The maximum atomic E-state index is 13.0. The highest BCUT2D eigenvalue weighted by Gasteiger charge is 2.29. The number of carbonyl (C=O) groups is 2. The Bertz CT molecular complexity index is 903. The van der Waals surface area contributed by atoms with Crippen molar-refractivity contribution in [1.29, 1.82) is 0 Å². The molecule has 1 N–H and O–H groups in total. The van der Waals surface area contributed by atoms with Crippen LogP contribution in [0.1, 0.15) is 61.2 Å². The van der Waals surface area contributed by atoms with Gasteiger partial charge in [-0.25, -0.2) is 0 Å². The maximum Gasteiger partial charge on any atom is 0.261 e. The quantitative estimate of drug-likeness (QED) is 0.756. The van der Waals surface area contributed by atoms with Gasteiger partial charge in [-0.05, 0) is 63.1 Å². The number of benzene rings is 1. The fourth-order valence-electron chi connectivity index (χ4n) is 4.56. The van der Waals surface area contributed by atoms with Gasteiger partial charge in [0.15, 0.2) is 0 Å². The molecule has 162 valence electrons. The molecule has 1 aromatic heterocycles. The summed E-state index contributed by atoms with van der Waals surface area (Å²) in [6, 6.07) is 8.76. The third-order valence-electron chi connectivity index (χ3n) is 6.31. The number of amides is 2. The molecule has 2 fully saturated rings. The summed E-state index contributed by atoms with van der Waals surface area (Å²) >= 11 is 1.59. The molecule has 0 saturated carbocycles. The molecule has 0 spiro atoms. The van der Waals surface area contributed by atoms with E-state index in [2.05, 4.69) is 28.4 Å². The molecule has 2 amide bonds. The maximum absolute atomic E-state index is 13.0. The van der Waals surface area contributed by atoms with E-state index in [4.69, 9.17) is 0 Å². The molecule has 30 heavy (non-hydrogen) atoms. The van der Waals surface area contributed by atoms with Crippen molar-refractivity contribution >= 4 is 33.2 Å². The molecule has 2 aliphatic rings. The first-order chi connectivity index (χ1) is 14.5. The lowest BCUT2D eigenvalue weighted by molar-refractivity contribution is -0.136. The van der Waals surface area contributed by atoms with E-state index in [0.29, 0.717) is 12.6 Å². The molecular weight excluding hydrogens is 394 g/mol. The second-order valence-corrected chi connectivity index (χ2v) is 10.00. The van der Waals surface area contributed by atoms with Crippen molar-refractivity contribution in [1.82, 2.24) is 15.1 Å². The Morgan fingerprint density at radius 3 is 2.63 bits per heavy atom. The number of hydrogen-bond acceptors (Lipinski definition) is 4. The zero-order chi connectivity index (χ0) is 21.1. The third-order valence-corrected chi connectivity index (χ3v) is 7.52. The van der Waals surface area contributed by atoms with Gasteiger partial charge < -0.3 is 10.2 Å². The van der Waals surface area contributed by atoms with Crippen molar-refractivity contribution in [3.8, 4) is 0 Å². The molecule has 2 aromatic rings. The van der Waals surface area contributed by atoms with Gasteiger partial charge in [0.1, 0.15) is 0 Å². The van der Waals surface area contributed by atoms with Gasteiger partial charge >= 0.3 is 0 Å². The van der Waals surface area contributed by atoms with E-state index in [9.17, 15) is 9.59 Å². The molecule has 2 aliphatic heterocycles. The van der Waals surface area contributed by atoms with Crippen molar-refractivity contribution in [2.24, 2.45) is 0 Å². The van der Waals surface area contributed by atoms with E-state index in [-0.39, 0.29) is 17.9 Å². The van der Waals surface area contributed by atoms with E-state index in [1.807, 2.05) is 24.8 Å². The summed E-state index contributed by atoms with van der Waals surface area (Å²) in [5, 5.41) is 4.27. The summed E-state index contributed by atoms with van der Waals surface area (Å²) in [5.41, 5.74) is 1.15. The van der Waals surface area contributed by atoms with Gasteiger partial charge in [0.25, 0.3) is 5.91 Å². The van der Waals surface area contributed by atoms with Crippen LogP contribution >= 0.6 is 11.3 Å². The van der Waals surface area contributed by atoms with Crippen LogP contribution in [0.15, 0.2) is 24.3 Å². The van der Waals surface area contributed by atoms with Crippen LogP contribution < -0.4 is 5.32 Å². The van der Waals surface area contributed by atoms with Crippen molar-refractivity contribution in [3.05, 3.63) is 34.7 Å². The zero-order valence-corrected chi connectivity index (χ0v) is 19.0. The zero-order valence-electron chi connectivity index (χ0n) is 18.2. The van der Waals surface area contributed by atoms with E-state index in [1.165, 1.54) is 22.9 Å². The lowest BCUT2D eigenvalue weighted by Gasteiger charge is -2.35. The Morgan fingerprint density at radius 2 is 1.90 bits per heavy atom. The Balaban J connectivity index is 1.61. The Kier molecular flexibility index (Phi) is 6.74. The predicted octanol–water partition coefficient (Wildman–Crippen LogP) is 4.06. The van der Waals surface area contributed by atoms with Gasteiger partial charge in [-0.2, -0.15) is 0 Å². The second kappa shape index (κ2) is 9.48. The summed E-state index contributed by atoms with van der Waals surface area (Å²) in [4.78, 5) is 30.9. The normalized spacial score (nSPS) is 20.2. The van der Waals surface area contributed by atoms with E-state index in [0.717, 1.165) is 55.8 Å². The van der Waals surface area contributed by atoms with Crippen LogP contribution in [0.5, 0.6) is 0 Å². The molecule has 0 aliphatic carbocycles. The molecule has 0 radical (unpaired) electrons. The third kappa shape index (κ3) is 4.70. The van der Waals surface area contributed by atoms with Gasteiger partial charge in [-0.1, -0.05) is 31.0 Å². The van der Waals surface area contributed by atoms with E-state index < -0.39 is 0 Å². The molecule has 1 aromatic carbocycles. The van der Waals surface area contributed by atoms with Gasteiger partial charge in [0.05, 0.1) is 11.4 Å². The molecule has 2 saturated heterocycles. The minimum Gasteiger partial charge on any atom is -0.349 e. The topological polar surface area (TPSA) is 52.7 Å². The summed E-state index contributed by atoms with van der Waals surface area (Å²) in [5.74, 6) is 0.291. The number of thiophene rings is 1. The number of carbonyl (C=O) groups excluding carboxylic acids is 2. The Morgan fingerprint density at radius 1 is 1.10 bits per heavy atom. The number of hydrogen-bond donors (Lipinski definition) is 1. The monoisotopic (exact) mass is 427 g/mol. The summed E-state index contributed by atoms with van der Waals surface area (Å²) in [7, 11) is 0. The first-order valence-electron chi connectivity index (χ1n) is 11.4. The number of rotatable bonds is 6. The molecule has 1 unspecified atom stereocenters. The van der Waals surface area contributed by atoms with Crippen molar-refractivity contribution < 1.29 is 9.59 Å². The largest absolute Gasteiger partial charge is 0.349 e. The average molecular weight is 428 g/mol. The van der Waals surface area contributed by atoms with Crippen LogP contribution in [0.25, 0.3) is 10.1 Å². The predicted molar refractivity (Wildman–Crippen MR) is 123 cm³/mol. The number of nitrogens with one attached hydrogen (secondary N) is 1. The first kappa shape index (κ1) is 21.3. The highest BCUT2D eigenvalue weighted by molar-refractivity contribution is 7.21. The van der Waals surface area contributed by atoms with Gasteiger partial charge in [0.2, 0.25) is 5.91 Å². The van der Waals surface area contributed by atoms with Crippen LogP contribution in [-0.2, 0) is 11.2 Å². The first-order valence-corrected chi connectivity index (χ1v) is 12.2. The minimum absolute atomic E-state index is 0.0260. The fourth-order valence-corrected chi connectivity index (χ4v) is 5.70. The molecule has 3 heterocycles. The van der Waals surface area contributed by atoms with Crippen molar-refractivity contribution in [2.75, 3.05) is 26.2 Å². The SMILES string of the molecule is CC(C)NC(=O)c1sc2ccccc2c1CC1CCCCCN1CC(=O)N1CCC1. The van der Waals surface area contributed by atoms with Gasteiger partial charge in [0, 0.05) is 29.9 Å². The molecular formula is C24H33N3O2S. The summed E-state index contributed by atoms with van der Waals surface area (Å²) in [6.07, 6.45) is 6.60. The van der Waals surface area contributed by atoms with E-state index in [1.54, 1.807) is 11.3 Å². The van der Waals surface area contributed by atoms with Gasteiger partial charge in [-0.15, -0.1) is 11.3 Å². The molecule has 5 nitrogen and oxygen atoms in total. The average Bonchev–Trinajstić information content (AvgIpc) is 2.88. The van der Waals surface area contributed by atoms with E-state index >= 15 is 0 Å². The van der Waals surface area contributed by atoms with Gasteiger partial charge in [-0.3, -0.25) is 14.5 Å². The van der Waals surface area contributed by atoms with Crippen LogP contribution in [-0.4, -0.2) is 59.9 Å². The molecule has 0 bridgehead atoms. The number of likely N-dealkylation sites (tertiary alicyclic amines) is 2. The Hall–Kier alpha value is -1.92. The fraction of sp³-hybridized carbons (Fsp3) is 0.583. The lowest BCUT2D eigenvalue weighted by Crippen LogP contribution is -2.49. The molecule has 1 atom stereocenters. The number of fused-ring (bicyclic) bond motifs is 1. The second-order valence-electron chi connectivity index (χ2n) is 8.95.